The van der Waals surface area contributed by atoms with Crippen molar-refractivity contribution in [3.05, 3.63) is 51.2 Å². The van der Waals surface area contributed by atoms with Gasteiger partial charge in [-0.3, -0.25) is 9.69 Å². The van der Waals surface area contributed by atoms with E-state index in [2.05, 4.69) is 27.7 Å². The summed E-state index contributed by atoms with van der Waals surface area (Å²) >= 11 is 7.78. The van der Waals surface area contributed by atoms with Crippen LogP contribution in [-0.4, -0.2) is 37.0 Å². The molecule has 0 radical (unpaired) electrons. The lowest BCUT2D eigenvalue weighted by atomic mass is 10.2. The van der Waals surface area contributed by atoms with Crippen molar-refractivity contribution >= 4 is 41.3 Å². The largest absolute Gasteiger partial charge is 0.484 e. The van der Waals surface area contributed by atoms with Crippen LogP contribution in [0, 0.1) is 6.92 Å². The van der Waals surface area contributed by atoms with E-state index in [1.807, 2.05) is 13.0 Å². The smallest absolute Gasteiger partial charge is 0.258 e. The highest BCUT2D eigenvalue weighted by atomic mass is 35.5. The second-order valence-corrected chi connectivity index (χ2v) is 8.37. The number of carbonyl (C=O) groups excluding carboxylic acids is 1. The summed E-state index contributed by atoms with van der Waals surface area (Å²) in [6.45, 7) is 4.74. The van der Waals surface area contributed by atoms with Crippen molar-refractivity contribution in [1.82, 2.24) is 10.2 Å². The van der Waals surface area contributed by atoms with Gasteiger partial charge < -0.3 is 10.1 Å². The fourth-order valence-electron chi connectivity index (χ4n) is 3.41. The molecule has 1 aliphatic rings. The summed E-state index contributed by atoms with van der Waals surface area (Å²) in [6.07, 6.45) is 5.06. The van der Waals surface area contributed by atoms with Crippen LogP contribution in [0.1, 0.15) is 42.2 Å². The maximum atomic E-state index is 12.3. The zero-order chi connectivity index (χ0) is 19.1. The van der Waals surface area contributed by atoms with Gasteiger partial charge in [0.15, 0.2) is 6.61 Å². The minimum absolute atomic E-state index is 0. The number of rotatable bonds is 7. The topological polar surface area (TPSA) is 41.6 Å². The van der Waals surface area contributed by atoms with Crippen molar-refractivity contribution in [2.75, 3.05) is 26.2 Å². The number of halogens is 2. The van der Waals surface area contributed by atoms with E-state index in [0.717, 1.165) is 18.7 Å². The molecule has 2 heterocycles. The van der Waals surface area contributed by atoms with Crippen LogP contribution < -0.4 is 10.1 Å². The van der Waals surface area contributed by atoms with Crippen LogP contribution >= 0.6 is 35.3 Å². The molecule has 1 atom stereocenters. The minimum atomic E-state index is -0.0982. The summed E-state index contributed by atoms with van der Waals surface area (Å²) in [6, 6.07) is 9.91. The van der Waals surface area contributed by atoms with Gasteiger partial charge in [0.1, 0.15) is 5.75 Å². The molecule has 3 rings (SSSR count). The molecule has 0 spiro atoms. The van der Waals surface area contributed by atoms with E-state index in [4.69, 9.17) is 16.3 Å². The lowest BCUT2D eigenvalue weighted by molar-refractivity contribution is -0.123. The molecule has 1 aliphatic heterocycles. The molecule has 1 fully saturated rings. The predicted octanol–water partition coefficient (Wildman–Crippen LogP) is 5.24. The Morgan fingerprint density at radius 1 is 1.25 bits per heavy atom. The van der Waals surface area contributed by atoms with Crippen molar-refractivity contribution in [1.29, 1.82) is 0 Å². The molecular formula is C21H28Cl2N2O2S. The molecule has 2 aromatic rings. The first-order valence-electron chi connectivity index (χ1n) is 9.56. The average Bonchev–Trinajstić information content (AvgIpc) is 3.06. The van der Waals surface area contributed by atoms with Gasteiger partial charge in [0.25, 0.3) is 5.91 Å². The van der Waals surface area contributed by atoms with Crippen molar-refractivity contribution in [3.8, 4) is 5.75 Å². The summed E-state index contributed by atoms with van der Waals surface area (Å²) in [5, 5.41) is 5.86. The van der Waals surface area contributed by atoms with E-state index >= 15 is 0 Å². The zero-order valence-corrected chi connectivity index (χ0v) is 18.5. The monoisotopic (exact) mass is 442 g/mol. The number of likely N-dealkylation sites (tertiary alicyclic amines) is 1. The number of carbonyl (C=O) groups is 1. The Balaban J connectivity index is 0.00000280. The Bertz CT molecular complexity index is 732. The second kappa shape index (κ2) is 11.7. The summed E-state index contributed by atoms with van der Waals surface area (Å²) < 4.78 is 5.61. The maximum Gasteiger partial charge on any atom is 0.258 e. The Morgan fingerprint density at radius 3 is 2.64 bits per heavy atom. The van der Waals surface area contributed by atoms with Crippen molar-refractivity contribution in [2.24, 2.45) is 0 Å². The third kappa shape index (κ3) is 6.66. The zero-order valence-electron chi connectivity index (χ0n) is 16.2. The van der Waals surface area contributed by atoms with Gasteiger partial charge in [-0.05, 0) is 68.1 Å². The van der Waals surface area contributed by atoms with Gasteiger partial charge in [-0.15, -0.1) is 23.7 Å². The number of amides is 1. The molecule has 1 saturated heterocycles. The molecule has 1 aromatic heterocycles. The number of hydrogen-bond donors (Lipinski definition) is 1. The van der Waals surface area contributed by atoms with Crippen LogP contribution in [0.3, 0.4) is 0 Å². The van der Waals surface area contributed by atoms with E-state index in [0.29, 0.717) is 17.3 Å². The van der Waals surface area contributed by atoms with Gasteiger partial charge in [-0.2, -0.15) is 0 Å². The lowest BCUT2D eigenvalue weighted by Gasteiger charge is -2.30. The molecule has 28 heavy (non-hydrogen) atoms. The third-order valence-electron chi connectivity index (χ3n) is 4.94. The molecule has 1 amide bonds. The Kier molecular flexibility index (Phi) is 9.59. The normalized spacial score (nSPS) is 15.9. The van der Waals surface area contributed by atoms with Crippen LogP contribution in [0.5, 0.6) is 5.75 Å². The lowest BCUT2D eigenvalue weighted by Crippen LogP contribution is -2.39. The van der Waals surface area contributed by atoms with Crippen LogP contribution in [0.15, 0.2) is 35.7 Å². The first kappa shape index (κ1) is 23.0. The fourth-order valence-corrected chi connectivity index (χ4v) is 4.39. The van der Waals surface area contributed by atoms with Crippen molar-refractivity contribution < 1.29 is 9.53 Å². The molecule has 1 unspecified atom stereocenters. The third-order valence-corrected chi connectivity index (χ3v) is 6.34. The fraction of sp³-hybridized carbons (Fsp3) is 0.476. The standard InChI is InChI=1S/C21H27ClN2O2S.ClH/c1-16-13-17(8-9-18(16)22)26-15-21(25)23-14-19(20-7-6-12-27-20)24-10-4-2-3-5-11-24;/h6-9,12-13,19H,2-5,10-11,14-15H2,1H3,(H,23,25);1H. The predicted molar refractivity (Wildman–Crippen MR) is 119 cm³/mol. The number of aryl methyl sites for hydroxylation is 1. The molecule has 1 N–H and O–H groups in total. The van der Waals surface area contributed by atoms with Gasteiger partial charge in [0.2, 0.25) is 0 Å². The quantitative estimate of drug-likeness (QED) is 0.636. The highest BCUT2D eigenvalue weighted by Gasteiger charge is 2.23. The van der Waals surface area contributed by atoms with Gasteiger partial charge in [-0.1, -0.05) is 30.5 Å². The molecule has 4 nitrogen and oxygen atoms in total. The molecule has 7 heteroatoms. The van der Waals surface area contributed by atoms with E-state index in [1.54, 1.807) is 23.5 Å². The number of ether oxygens (including phenoxy) is 1. The minimum Gasteiger partial charge on any atom is -0.484 e. The number of nitrogens with one attached hydrogen (secondary N) is 1. The number of benzene rings is 1. The summed E-state index contributed by atoms with van der Waals surface area (Å²) in [7, 11) is 0. The molecule has 0 saturated carbocycles. The average molecular weight is 443 g/mol. The second-order valence-electron chi connectivity index (χ2n) is 6.99. The van der Waals surface area contributed by atoms with E-state index in [-0.39, 0.29) is 31.0 Å². The molecular weight excluding hydrogens is 415 g/mol. The van der Waals surface area contributed by atoms with Gasteiger partial charge in [0, 0.05) is 16.4 Å². The van der Waals surface area contributed by atoms with Crippen LogP contribution in [-0.2, 0) is 4.79 Å². The SMILES string of the molecule is Cc1cc(OCC(=O)NCC(c2cccs2)N2CCCCCC2)ccc1Cl.Cl. The Hall–Kier alpha value is -1.27. The van der Waals surface area contributed by atoms with Crippen LogP contribution in [0.2, 0.25) is 5.02 Å². The van der Waals surface area contributed by atoms with Crippen molar-refractivity contribution in [3.63, 3.8) is 0 Å². The van der Waals surface area contributed by atoms with Crippen molar-refractivity contribution in [2.45, 2.75) is 38.6 Å². The van der Waals surface area contributed by atoms with Gasteiger partial charge in [0.05, 0.1) is 6.04 Å². The van der Waals surface area contributed by atoms with E-state index in [1.165, 1.54) is 30.6 Å². The first-order chi connectivity index (χ1) is 13.1. The van der Waals surface area contributed by atoms with E-state index in [9.17, 15) is 4.79 Å². The molecule has 0 bridgehead atoms. The summed E-state index contributed by atoms with van der Waals surface area (Å²) in [5.74, 6) is 0.563. The first-order valence-corrected chi connectivity index (χ1v) is 10.8. The van der Waals surface area contributed by atoms with Gasteiger partial charge in [-0.25, -0.2) is 0 Å². The number of thiophene rings is 1. The number of nitrogens with zero attached hydrogens (tertiary/aromatic N) is 1. The Morgan fingerprint density at radius 2 is 2.00 bits per heavy atom. The van der Waals surface area contributed by atoms with Crippen LogP contribution in [0.25, 0.3) is 0 Å². The molecule has 154 valence electrons. The Labute approximate surface area is 182 Å². The summed E-state index contributed by atoms with van der Waals surface area (Å²) in [5.41, 5.74) is 0.938. The van der Waals surface area contributed by atoms with Gasteiger partial charge >= 0.3 is 0 Å². The highest BCUT2D eigenvalue weighted by molar-refractivity contribution is 7.10. The number of hydrogen-bond acceptors (Lipinski definition) is 4. The van der Waals surface area contributed by atoms with Crippen LogP contribution in [0.4, 0.5) is 0 Å². The van der Waals surface area contributed by atoms with E-state index < -0.39 is 0 Å². The summed E-state index contributed by atoms with van der Waals surface area (Å²) in [4.78, 5) is 16.1. The highest BCUT2D eigenvalue weighted by Crippen LogP contribution is 2.27. The maximum absolute atomic E-state index is 12.3. The molecule has 0 aliphatic carbocycles. The molecule has 1 aromatic carbocycles.